The summed E-state index contributed by atoms with van der Waals surface area (Å²) in [7, 11) is 0. The van der Waals surface area contributed by atoms with Gasteiger partial charge in [0.1, 0.15) is 4.47 Å². The number of aromatic nitrogens is 2. The highest BCUT2D eigenvalue weighted by atomic mass is 79.9. The molecule has 0 aliphatic heterocycles. The van der Waals surface area contributed by atoms with E-state index in [1.54, 1.807) is 10.9 Å². The van der Waals surface area contributed by atoms with Crippen molar-refractivity contribution in [2.24, 2.45) is 11.8 Å². The minimum absolute atomic E-state index is 0.0271. The average Bonchev–Trinajstić information content (AvgIpc) is 3.17. The average molecular weight is 328 g/mol. The van der Waals surface area contributed by atoms with Crippen LogP contribution in [0.5, 0.6) is 0 Å². The van der Waals surface area contributed by atoms with Crippen LogP contribution >= 0.6 is 15.9 Å². The topological polar surface area (TPSA) is 46.9 Å². The fraction of sp³-hybridized carbons (Fsp3) is 0.714. The van der Waals surface area contributed by atoms with Crippen molar-refractivity contribution in [3.63, 3.8) is 0 Å². The number of hydrogen-bond acceptors (Lipinski definition) is 3. The van der Waals surface area contributed by atoms with Crippen molar-refractivity contribution in [3.05, 3.63) is 21.0 Å². The number of halogens is 1. The van der Waals surface area contributed by atoms with E-state index in [0.717, 1.165) is 31.1 Å². The van der Waals surface area contributed by atoms with E-state index >= 15 is 0 Å². The van der Waals surface area contributed by atoms with Crippen LogP contribution in [0, 0.1) is 11.8 Å². The minimum Gasteiger partial charge on any atom is -0.383 e. The van der Waals surface area contributed by atoms with E-state index in [-0.39, 0.29) is 5.56 Å². The Morgan fingerprint density at radius 3 is 2.89 bits per heavy atom. The molecule has 1 aromatic rings. The Kier molecular flexibility index (Phi) is 5.02. The molecule has 1 aliphatic carbocycles. The number of nitrogens with zero attached hydrogens (tertiary/aromatic N) is 2. The zero-order chi connectivity index (χ0) is 13.8. The van der Waals surface area contributed by atoms with Crippen molar-refractivity contribution < 1.29 is 0 Å². The van der Waals surface area contributed by atoms with Gasteiger partial charge in [0.25, 0.3) is 5.56 Å². The van der Waals surface area contributed by atoms with Crippen molar-refractivity contribution in [3.8, 4) is 0 Å². The molecule has 2 rings (SSSR count). The minimum atomic E-state index is -0.0271. The summed E-state index contributed by atoms with van der Waals surface area (Å²) in [6.07, 6.45) is 6.50. The molecule has 106 valence electrons. The molecule has 0 bridgehead atoms. The van der Waals surface area contributed by atoms with Gasteiger partial charge >= 0.3 is 0 Å². The van der Waals surface area contributed by atoms with Gasteiger partial charge in [-0.15, -0.1) is 0 Å². The maximum atomic E-state index is 12.1. The van der Waals surface area contributed by atoms with Crippen molar-refractivity contribution >= 4 is 21.6 Å². The van der Waals surface area contributed by atoms with Crippen molar-refractivity contribution in [2.45, 2.75) is 46.1 Å². The summed E-state index contributed by atoms with van der Waals surface area (Å²) in [5.41, 5.74) is 0.779. The molecule has 0 saturated heterocycles. The maximum absolute atomic E-state index is 12.1. The molecular formula is C14H22BrN3O. The first-order valence-electron chi connectivity index (χ1n) is 7.07. The predicted molar refractivity (Wildman–Crippen MR) is 81.5 cm³/mol. The SMILES string of the molecule is CC(C)CCCNc1cnn(CC2CC2)c(=O)c1Br. The Morgan fingerprint density at radius 2 is 2.26 bits per heavy atom. The predicted octanol–water partition coefficient (Wildman–Crippen LogP) is 3.26. The van der Waals surface area contributed by atoms with Gasteiger partial charge in [0.05, 0.1) is 11.9 Å². The van der Waals surface area contributed by atoms with Crippen LogP contribution in [-0.2, 0) is 6.54 Å². The summed E-state index contributed by atoms with van der Waals surface area (Å²) in [5.74, 6) is 1.37. The largest absolute Gasteiger partial charge is 0.383 e. The Bertz CT molecular complexity index is 480. The second kappa shape index (κ2) is 6.55. The van der Waals surface area contributed by atoms with Gasteiger partial charge < -0.3 is 5.32 Å². The fourth-order valence-corrected chi connectivity index (χ4v) is 2.44. The first kappa shape index (κ1) is 14.6. The van der Waals surface area contributed by atoms with E-state index in [1.807, 2.05) is 0 Å². The van der Waals surface area contributed by atoms with Gasteiger partial charge in [-0.25, -0.2) is 4.68 Å². The third kappa shape index (κ3) is 4.34. The second-order valence-corrected chi connectivity index (χ2v) is 6.56. The van der Waals surface area contributed by atoms with E-state index in [2.05, 4.69) is 40.2 Å². The lowest BCUT2D eigenvalue weighted by Gasteiger charge is -2.11. The van der Waals surface area contributed by atoms with Crippen LogP contribution in [0.4, 0.5) is 5.69 Å². The van der Waals surface area contributed by atoms with Crippen LogP contribution in [0.3, 0.4) is 0 Å². The molecule has 0 aromatic carbocycles. The molecule has 1 aromatic heterocycles. The Morgan fingerprint density at radius 1 is 1.53 bits per heavy atom. The van der Waals surface area contributed by atoms with Crippen LogP contribution in [0.1, 0.15) is 39.5 Å². The first-order chi connectivity index (χ1) is 9.08. The molecule has 0 spiro atoms. The highest BCUT2D eigenvalue weighted by Crippen LogP contribution is 2.30. The number of hydrogen-bond donors (Lipinski definition) is 1. The summed E-state index contributed by atoms with van der Waals surface area (Å²) in [6.45, 7) is 6.07. The van der Waals surface area contributed by atoms with Gasteiger partial charge in [0.15, 0.2) is 0 Å². The lowest BCUT2D eigenvalue weighted by molar-refractivity contribution is 0.531. The zero-order valence-corrected chi connectivity index (χ0v) is 13.2. The van der Waals surface area contributed by atoms with Crippen molar-refractivity contribution in [2.75, 3.05) is 11.9 Å². The summed E-state index contributed by atoms with van der Waals surface area (Å²) < 4.78 is 2.17. The van der Waals surface area contributed by atoms with E-state index in [0.29, 0.717) is 10.4 Å². The number of rotatable bonds is 7. The molecule has 1 saturated carbocycles. The summed E-state index contributed by atoms with van der Waals surface area (Å²) in [4.78, 5) is 12.1. The van der Waals surface area contributed by atoms with E-state index < -0.39 is 0 Å². The highest BCUT2D eigenvalue weighted by molar-refractivity contribution is 9.10. The van der Waals surface area contributed by atoms with Crippen LogP contribution < -0.4 is 10.9 Å². The van der Waals surface area contributed by atoms with Crippen LogP contribution in [-0.4, -0.2) is 16.3 Å². The Labute approximate surface area is 122 Å². The van der Waals surface area contributed by atoms with Crippen molar-refractivity contribution in [1.29, 1.82) is 0 Å². The second-order valence-electron chi connectivity index (χ2n) is 5.77. The summed E-state index contributed by atoms with van der Waals surface area (Å²) in [6, 6.07) is 0. The molecule has 1 fully saturated rings. The van der Waals surface area contributed by atoms with E-state index in [9.17, 15) is 4.79 Å². The smallest absolute Gasteiger partial charge is 0.283 e. The molecule has 0 unspecified atom stereocenters. The van der Waals surface area contributed by atoms with Gasteiger partial charge in [-0.05, 0) is 53.4 Å². The van der Waals surface area contributed by atoms with Gasteiger partial charge in [0, 0.05) is 13.1 Å². The summed E-state index contributed by atoms with van der Waals surface area (Å²) in [5, 5.41) is 7.53. The molecule has 0 amide bonds. The number of anilines is 1. The number of nitrogens with one attached hydrogen (secondary N) is 1. The molecule has 4 nitrogen and oxygen atoms in total. The maximum Gasteiger partial charge on any atom is 0.283 e. The normalized spacial score (nSPS) is 14.9. The molecular weight excluding hydrogens is 306 g/mol. The van der Waals surface area contributed by atoms with E-state index in [1.165, 1.54) is 19.3 Å². The Hall–Kier alpha value is -0.840. The third-order valence-corrected chi connectivity index (χ3v) is 4.15. The highest BCUT2D eigenvalue weighted by Gasteiger charge is 2.23. The monoisotopic (exact) mass is 327 g/mol. The van der Waals surface area contributed by atoms with E-state index in [4.69, 9.17) is 0 Å². The molecule has 0 radical (unpaired) electrons. The zero-order valence-electron chi connectivity index (χ0n) is 11.7. The van der Waals surface area contributed by atoms with Gasteiger partial charge in [0.2, 0.25) is 0 Å². The van der Waals surface area contributed by atoms with Crippen LogP contribution in [0.25, 0.3) is 0 Å². The molecule has 1 aliphatic rings. The lowest BCUT2D eigenvalue weighted by atomic mass is 10.1. The van der Waals surface area contributed by atoms with Gasteiger partial charge in [-0.3, -0.25) is 4.79 Å². The van der Waals surface area contributed by atoms with Gasteiger partial charge in [-0.1, -0.05) is 13.8 Å². The quantitative estimate of drug-likeness (QED) is 0.782. The lowest BCUT2D eigenvalue weighted by Crippen LogP contribution is -2.25. The Balaban J connectivity index is 1.93. The fourth-order valence-electron chi connectivity index (χ4n) is 2.00. The van der Waals surface area contributed by atoms with Crippen molar-refractivity contribution in [1.82, 2.24) is 9.78 Å². The summed E-state index contributed by atoms with van der Waals surface area (Å²) >= 11 is 3.39. The molecule has 1 N–H and O–H groups in total. The molecule has 19 heavy (non-hydrogen) atoms. The van der Waals surface area contributed by atoms with Crippen LogP contribution in [0.15, 0.2) is 15.5 Å². The van der Waals surface area contributed by atoms with Crippen LogP contribution in [0.2, 0.25) is 0 Å². The standard InChI is InChI=1S/C14H22BrN3O/c1-10(2)4-3-7-16-12-8-17-18(9-11-5-6-11)14(19)13(12)15/h8,10-11,16H,3-7,9H2,1-2H3. The molecule has 1 heterocycles. The molecule has 5 heteroatoms. The first-order valence-corrected chi connectivity index (χ1v) is 7.86. The van der Waals surface area contributed by atoms with Gasteiger partial charge in [-0.2, -0.15) is 5.10 Å². The molecule has 0 atom stereocenters. The third-order valence-electron chi connectivity index (χ3n) is 3.39.